The van der Waals surface area contributed by atoms with Crippen LogP contribution in [0.4, 0.5) is 0 Å². The van der Waals surface area contributed by atoms with Gasteiger partial charge in [0.1, 0.15) is 21.9 Å². The first-order chi connectivity index (χ1) is 8.61. The first-order valence-electron chi connectivity index (χ1n) is 5.72. The molecule has 0 fully saturated rings. The molecule has 0 saturated carbocycles. The molecular weight excluding hydrogens is 246 g/mol. The van der Waals surface area contributed by atoms with Crippen molar-refractivity contribution in [3.63, 3.8) is 0 Å². The number of pyridine rings is 1. The summed E-state index contributed by atoms with van der Waals surface area (Å²) in [7, 11) is 1.62. The van der Waals surface area contributed by atoms with Gasteiger partial charge in [-0.15, -0.1) is 0 Å². The van der Waals surface area contributed by atoms with Crippen molar-refractivity contribution in [3.05, 3.63) is 34.9 Å². The smallest absolute Gasteiger partial charge is 0.146 e. The number of rotatable bonds is 3. The van der Waals surface area contributed by atoms with Crippen LogP contribution in [0.3, 0.4) is 0 Å². The Morgan fingerprint density at radius 3 is 2.83 bits per heavy atom. The van der Waals surface area contributed by atoms with E-state index in [0.29, 0.717) is 10.4 Å². The molecule has 0 aliphatic heterocycles. The minimum Gasteiger partial charge on any atom is -0.494 e. The van der Waals surface area contributed by atoms with Gasteiger partial charge < -0.3 is 9.72 Å². The van der Waals surface area contributed by atoms with Crippen molar-refractivity contribution >= 4 is 12.2 Å². The highest BCUT2D eigenvalue weighted by molar-refractivity contribution is 7.71. The van der Waals surface area contributed by atoms with Gasteiger partial charge in [0.15, 0.2) is 0 Å². The van der Waals surface area contributed by atoms with Crippen LogP contribution in [0, 0.1) is 4.64 Å². The lowest BCUT2D eigenvalue weighted by Crippen LogP contribution is -2.01. The molecule has 2 aromatic heterocycles. The number of nitrogens with zero attached hydrogens (tertiary/aromatic N) is 2. The molecule has 0 aromatic carbocycles. The average molecular weight is 261 g/mol. The van der Waals surface area contributed by atoms with Crippen molar-refractivity contribution in [2.24, 2.45) is 0 Å². The lowest BCUT2D eigenvalue weighted by Gasteiger charge is -2.10. The summed E-state index contributed by atoms with van der Waals surface area (Å²) in [6.45, 7) is 4.13. The minimum absolute atomic E-state index is 0.279. The van der Waals surface area contributed by atoms with Crippen molar-refractivity contribution < 1.29 is 4.74 Å². The average Bonchev–Trinajstić information content (AvgIpc) is 2.38. The van der Waals surface area contributed by atoms with Crippen LogP contribution in [0.5, 0.6) is 5.75 Å². The minimum atomic E-state index is 0.279. The third-order valence-electron chi connectivity index (χ3n) is 2.55. The number of ether oxygens (including phenoxy) is 1. The van der Waals surface area contributed by atoms with E-state index in [1.807, 2.05) is 12.1 Å². The summed E-state index contributed by atoms with van der Waals surface area (Å²) in [5.74, 6) is 1.84. The normalized spacial score (nSPS) is 10.7. The third kappa shape index (κ3) is 2.56. The van der Waals surface area contributed by atoms with Gasteiger partial charge >= 0.3 is 0 Å². The fraction of sp³-hybridized carbons (Fsp3) is 0.308. The number of aromatic nitrogens is 3. The van der Waals surface area contributed by atoms with Crippen molar-refractivity contribution in [3.8, 4) is 17.1 Å². The highest BCUT2D eigenvalue weighted by Crippen LogP contribution is 2.26. The molecule has 0 amide bonds. The first kappa shape index (κ1) is 12.7. The van der Waals surface area contributed by atoms with E-state index in [1.54, 1.807) is 19.4 Å². The van der Waals surface area contributed by atoms with Gasteiger partial charge in [0.25, 0.3) is 0 Å². The van der Waals surface area contributed by atoms with Gasteiger partial charge in [-0.05, 0) is 12.1 Å². The van der Waals surface area contributed by atoms with Gasteiger partial charge in [0, 0.05) is 18.2 Å². The highest BCUT2D eigenvalue weighted by atomic mass is 32.1. The number of H-pyrrole nitrogens is 1. The van der Waals surface area contributed by atoms with E-state index in [0.717, 1.165) is 17.2 Å². The summed E-state index contributed by atoms with van der Waals surface area (Å²) in [6.07, 6.45) is 1.73. The molecule has 0 saturated heterocycles. The molecular formula is C13H15N3OS. The number of hydrogen-bond acceptors (Lipinski definition) is 4. The quantitative estimate of drug-likeness (QED) is 0.861. The van der Waals surface area contributed by atoms with E-state index in [2.05, 4.69) is 28.8 Å². The van der Waals surface area contributed by atoms with Crippen molar-refractivity contribution in [1.29, 1.82) is 0 Å². The number of hydrogen-bond donors (Lipinski definition) is 1. The van der Waals surface area contributed by atoms with Crippen LogP contribution in [-0.4, -0.2) is 22.1 Å². The van der Waals surface area contributed by atoms with E-state index in [-0.39, 0.29) is 5.92 Å². The molecule has 0 aliphatic rings. The van der Waals surface area contributed by atoms with Crippen molar-refractivity contribution in [2.45, 2.75) is 19.8 Å². The van der Waals surface area contributed by atoms with Crippen LogP contribution in [0.25, 0.3) is 11.4 Å². The summed E-state index contributed by atoms with van der Waals surface area (Å²) in [4.78, 5) is 11.9. The number of nitrogens with one attached hydrogen (secondary N) is 1. The van der Waals surface area contributed by atoms with E-state index in [9.17, 15) is 0 Å². The third-order valence-corrected chi connectivity index (χ3v) is 2.76. The highest BCUT2D eigenvalue weighted by Gasteiger charge is 2.10. The van der Waals surface area contributed by atoms with E-state index >= 15 is 0 Å². The molecule has 0 spiro atoms. The van der Waals surface area contributed by atoms with E-state index < -0.39 is 0 Å². The molecule has 94 valence electrons. The molecule has 0 unspecified atom stereocenters. The second kappa shape index (κ2) is 5.27. The Bertz CT molecular complexity index is 607. The predicted molar refractivity (Wildman–Crippen MR) is 73.3 cm³/mol. The van der Waals surface area contributed by atoms with Crippen LogP contribution >= 0.6 is 12.2 Å². The Morgan fingerprint density at radius 1 is 1.39 bits per heavy atom. The first-order valence-corrected chi connectivity index (χ1v) is 6.13. The van der Waals surface area contributed by atoms with Gasteiger partial charge in [0.2, 0.25) is 0 Å². The molecule has 1 N–H and O–H groups in total. The van der Waals surface area contributed by atoms with Gasteiger partial charge in [-0.3, -0.25) is 4.98 Å². The van der Waals surface area contributed by atoms with E-state index in [1.165, 1.54) is 0 Å². The Morgan fingerprint density at radius 2 is 2.17 bits per heavy atom. The molecule has 0 aliphatic carbocycles. The SMILES string of the molecule is COc1cccnc1-c1cc(=S)nc(C(C)C)[nH]1. The van der Waals surface area contributed by atoms with Crippen LogP contribution in [-0.2, 0) is 0 Å². The lowest BCUT2D eigenvalue weighted by molar-refractivity contribution is 0.414. The molecule has 4 nitrogen and oxygen atoms in total. The monoisotopic (exact) mass is 261 g/mol. The summed E-state index contributed by atoms with van der Waals surface area (Å²) in [5, 5.41) is 0. The van der Waals surface area contributed by atoms with Gasteiger partial charge in [-0.1, -0.05) is 26.1 Å². The number of methoxy groups -OCH3 is 1. The number of aromatic amines is 1. The van der Waals surface area contributed by atoms with Crippen molar-refractivity contribution in [2.75, 3.05) is 7.11 Å². The second-order valence-corrected chi connectivity index (χ2v) is 4.65. The maximum Gasteiger partial charge on any atom is 0.146 e. The Hall–Kier alpha value is -1.75. The maximum absolute atomic E-state index is 5.30. The largest absolute Gasteiger partial charge is 0.494 e. The zero-order chi connectivity index (χ0) is 13.1. The van der Waals surface area contributed by atoms with Crippen LogP contribution in [0.2, 0.25) is 0 Å². The van der Waals surface area contributed by atoms with Gasteiger partial charge in [0.05, 0.1) is 12.8 Å². The summed E-state index contributed by atoms with van der Waals surface area (Å²) in [6, 6.07) is 5.50. The Balaban J connectivity index is 2.60. The Kier molecular flexibility index (Phi) is 3.72. The standard InChI is InChI=1S/C13H15N3OS/c1-8(2)13-15-9(7-11(18)16-13)12-10(17-3)5-4-6-14-12/h4-8H,1-3H3,(H,15,16,18). The predicted octanol–water partition coefficient (Wildman–Crippen LogP) is 3.33. The summed E-state index contributed by atoms with van der Waals surface area (Å²) < 4.78 is 5.86. The second-order valence-electron chi connectivity index (χ2n) is 4.23. The van der Waals surface area contributed by atoms with Crippen LogP contribution in [0.1, 0.15) is 25.6 Å². The van der Waals surface area contributed by atoms with Gasteiger partial charge in [-0.25, -0.2) is 4.98 Å². The van der Waals surface area contributed by atoms with Crippen molar-refractivity contribution in [1.82, 2.24) is 15.0 Å². The fourth-order valence-electron chi connectivity index (χ4n) is 1.64. The van der Waals surface area contributed by atoms with Crippen LogP contribution in [0.15, 0.2) is 24.4 Å². The molecule has 5 heteroatoms. The van der Waals surface area contributed by atoms with E-state index in [4.69, 9.17) is 17.0 Å². The summed E-state index contributed by atoms with van der Waals surface area (Å²) >= 11 is 5.19. The topological polar surface area (TPSA) is 50.8 Å². The molecule has 2 aromatic rings. The fourth-order valence-corrected chi connectivity index (χ4v) is 1.85. The molecule has 2 rings (SSSR count). The molecule has 2 heterocycles. The molecule has 0 radical (unpaired) electrons. The molecule has 0 bridgehead atoms. The zero-order valence-electron chi connectivity index (χ0n) is 10.6. The summed E-state index contributed by atoms with van der Waals surface area (Å²) in [5.41, 5.74) is 1.58. The maximum atomic E-state index is 5.30. The Labute approximate surface area is 111 Å². The van der Waals surface area contributed by atoms with Gasteiger partial charge in [-0.2, -0.15) is 0 Å². The molecule has 18 heavy (non-hydrogen) atoms. The van der Waals surface area contributed by atoms with Crippen LogP contribution < -0.4 is 4.74 Å². The molecule has 0 atom stereocenters. The zero-order valence-corrected chi connectivity index (χ0v) is 11.4. The lowest BCUT2D eigenvalue weighted by atomic mass is 10.2.